The molecule has 3 aromatic carbocycles. The van der Waals surface area contributed by atoms with Crippen LogP contribution in [0.25, 0.3) is 6.08 Å². The molecule has 0 saturated carbocycles. The third kappa shape index (κ3) is 5.21. The molecule has 38 heavy (non-hydrogen) atoms. The van der Waals surface area contributed by atoms with Crippen LogP contribution in [0.15, 0.2) is 99.9 Å². The van der Waals surface area contributed by atoms with E-state index in [0.717, 1.165) is 16.7 Å². The number of hydrogen-bond acceptors (Lipinski definition) is 6. The second kappa shape index (κ2) is 11.2. The van der Waals surface area contributed by atoms with E-state index in [1.165, 1.54) is 11.3 Å². The molecular formula is C30H25ClN2O4S. The predicted molar refractivity (Wildman–Crippen MR) is 149 cm³/mol. The van der Waals surface area contributed by atoms with Crippen LogP contribution in [-0.2, 0) is 16.1 Å². The minimum atomic E-state index is -0.626. The standard InChI is InChI=1S/C30H25ClN2O4S/c1-3-36-29(35)26-19(2)32-30-33(27(26)21-11-5-4-6-12-21)28(34)25(38-30)17-20-10-9-14-23(16-20)37-18-22-13-7-8-15-24(22)31/h4-17,27H,3,18H2,1-2H3/b25-17-/t27-/m0/s1. The summed E-state index contributed by atoms with van der Waals surface area (Å²) in [6, 6.07) is 23.9. The van der Waals surface area contributed by atoms with E-state index in [0.29, 0.717) is 38.0 Å². The molecule has 0 spiro atoms. The zero-order chi connectivity index (χ0) is 26.6. The summed E-state index contributed by atoms with van der Waals surface area (Å²) >= 11 is 7.53. The zero-order valence-electron chi connectivity index (χ0n) is 20.9. The average molecular weight is 545 g/mol. The summed E-state index contributed by atoms with van der Waals surface area (Å²) in [7, 11) is 0. The molecule has 2 heterocycles. The van der Waals surface area contributed by atoms with Crippen molar-refractivity contribution in [2.24, 2.45) is 4.99 Å². The molecule has 5 rings (SSSR count). The summed E-state index contributed by atoms with van der Waals surface area (Å²) < 4.78 is 13.4. The lowest BCUT2D eigenvalue weighted by molar-refractivity contribution is -0.139. The number of ether oxygens (including phenoxy) is 2. The number of hydrogen-bond donors (Lipinski definition) is 0. The van der Waals surface area contributed by atoms with Crippen molar-refractivity contribution in [2.45, 2.75) is 26.5 Å². The van der Waals surface area contributed by atoms with E-state index >= 15 is 0 Å². The van der Waals surface area contributed by atoms with Crippen molar-refractivity contribution in [3.8, 4) is 5.75 Å². The molecule has 1 atom stereocenters. The first-order valence-corrected chi connectivity index (χ1v) is 13.4. The molecule has 0 radical (unpaired) electrons. The Hall–Kier alpha value is -3.94. The molecule has 4 aromatic rings. The van der Waals surface area contributed by atoms with Gasteiger partial charge in [-0.3, -0.25) is 9.36 Å². The van der Waals surface area contributed by atoms with Crippen molar-refractivity contribution in [1.82, 2.24) is 4.57 Å². The molecular weight excluding hydrogens is 520 g/mol. The Morgan fingerprint density at radius 2 is 1.84 bits per heavy atom. The molecule has 1 aliphatic rings. The van der Waals surface area contributed by atoms with E-state index in [1.54, 1.807) is 18.4 Å². The highest BCUT2D eigenvalue weighted by Gasteiger charge is 2.33. The Balaban J connectivity index is 1.54. The summed E-state index contributed by atoms with van der Waals surface area (Å²) in [6.45, 7) is 4.10. The lowest BCUT2D eigenvalue weighted by atomic mass is 9.96. The molecule has 192 valence electrons. The van der Waals surface area contributed by atoms with Gasteiger partial charge >= 0.3 is 5.97 Å². The van der Waals surface area contributed by atoms with Crippen LogP contribution in [0.5, 0.6) is 5.75 Å². The van der Waals surface area contributed by atoms with Crippen molar-refractivity contribution >= 4 is 35.0 Å². The van der Waals surface area contributed by atoms with E-state index in [1.807, 2.05) is 84.9 Å². The highest BCUT2D eigenvalue weighted by Crippen LogP contribution is 2.30. The summed E-state index contributed by atoms with van der Waals surface area (Å²) in [4.78, 5) is 31.8. The third-order valence-corrected chi connectivity index (χ3v) is 7.49. The van der Waals surface area contributed by atoms with E-state index in [2.05, 4.69) is 4.99 Å². The molecule has 1 aliphatic heterocycles. The van der Waals surface area contributed by atoms with Gasteiger partial charge in [0, 0.05) is 10.6 Å². The lowest BCUT2D eigenvalue weighted by Gasteiger charge is -2.24. The van der Waals surface area contributed by atoms with Crippen molar-refractivity contribution in [3.63, 3.8) is 0 Å². The van der Waals surface area contributed by atoms with Crippen LogP contribution in [0.4, 0.5) is 0 Å². The van der Waals surface area contributed by atoms with Gasteiger partial charge < -0.3 is 9.47 Å². The number of rotatable bonds is 7. The molecule has 8 heteroatoms. The number of benzene rings is 3. The van der Waals surface area contributed by atoms with Crippen LogP contribution in [-0.4, -0.2) is 17.1 Å². The fourth-order valence-corrected chi connectivity index (χ4v) is 5.60. The van der Waals surface area contributed by atoms with E-state index in [4.69, 9.17) is 21.1 Å². The van der Waals surface area contributed by atoms with Crippen LogP contribution in [0.1, 0.15) is 36.6 Å². The van der Waals surface area contributed by atoms with Crippen molar-refractivity contribution in [3.05, 3.63) is 132 Å². The van der Waals surface area contributed by atoms with Gasteiger partial charge in [0.2, 0.25) is 0 Å². The Labute approximate surface area is 228 Å². The Morgan fingerprint density at radius 3 is 2.61 bits per heavy atom. The van der Waals surface area contributed by atoms with Crippen molar-refractivity contribution < 1.29 is 14.3 Å². The molecule has 0 aliphatic carbocycles. The van der Waals surface area contributed by atoms with Crippen LogP contribution >= 0.6 is 22.9 Å². The number of thiazole rings is 1. The summed E-state index contributed by atoms with van der Waals surface area (Å²) in [5.41, 5.74) is 3.20. The molecule has 0 unspecified atom stereocenters. The zero-order valence-corrected chi connectivity index (χ0v) is 22.5. The second-order valence-electron chi connectivity index (χ2n) is 8.67. The fraction of sp³-hybridized carbons (Fsp3) is 0.167. The lowest BCUT2D eigenvalue weighted by Crippen LogP contribution is -2.39. The summed E-state index contributed by atoms with van der Waals surface area (Å²) in [6.07, 6.45) is 1.82. The largest absolute Gasteiger partial charge is 0.489 e. The topological polar surface area (TPSA) is 69.9 Å². The highest BCUT2D eigenvalue weighted by molar-refractivity contribution is 7.07. The number of nitrogens with zero attached hydrogens (tertiary/aromatic N) is 2. The maximum Gasteiger partial charge on any atom is 0.338 e. The van der Waals surface area contributed by atoms with E-state index in [-0.39, 0.29) is 12.2 Å². The number of halogens is 1. The quantitative estimate of drug-likeness (QED) is 0.306. The van der Waals surface area contributed by atoms with Gasteiger partial charge in [0.25, 0.3) is 5.56 Å². The summed E-state index contributed by atoms with van der Waals surface area (Å²) in [5.74, 6) is 0.189. The Bertz CT molecular complexity index is 1710. The Kier molecular flexibility index (Phi) is 7.58. The number of carbonyl (C=O) groups is 1. The number of fused-ring (bicyclic) bond motifs is 1. The van der Waals surface area contributed by atoms with Gasteiger partial charge in [0.1, 0.15) is 12.4 Å². The van der Waals surface area contributed by atoms with Crippen LogP contribution in [0.2, 0.25) is 5.02 Å². The van der Waals surface area contributed by atoms with Gasteiger partial charge in [0.15, 0.2) is 4.80 Å². The van der Waals surface area contributed by atoms with Gasteiger partial charge in [-0.15, -0.1) is 0 Å². The van der Waals surface area contributed by atoms with Crippen LogP contribution in [0, 0.1) is 0 Å². The minimum Gasteiger partial charge on any atom is -0.489 e. The molecule has 0 amide bonds. The van der Waals surface area contributed by atoms with Gasteiger partial charge in [-0.05, 0) is 49.2 Å². The number of carbonyl (C=O) groups excluding carboxylic acids is 1. The fourth-order valence-electron chi connectivity index (χ4n) is 4.36. The first kappa shape index (κ1) is 25.7. The monoisotopic (exact) mass is 544 g/mol. The van der Waals surface area contributed by atoms with Gasteiger partial charge in [0.05, 0.1) is 28.5 Å². The molecule has 0 bridgehead atoms. The normalized spacial score (nSPS) is 15.1. The van der Waals surface area contributed by atoms with Crippen molar-refractivity contribution in [1.29, 1.82) is 0 Å². The number of esters is 1. The van der Waals surface area contributed by atoms with Crippen molar-refractivity contribution in [2.75, 3.05) is 6.61 Å². The maximum atomic E-state index is 13.7. The summed E-state index contributed by atoms with van der Waals surface area (Å²) in [5, 5.41) is 0.648. The number of aromatic nitrogens is 1. The second-order valence-corrected chi connectivity index (χ2v) is 10.1. The first-order valence-electron chi connectivity index (χ1n) is 12.2. The van der Waals surface area contributed by atoms with E-state index < -0.39 is 12.0 Å². The van der Waals surface area contributed by atoms with E-state index in [9.17, 15) is 9.59 Å². The maximum absolute atomic E-state index is 13.7. The molecule has 0 saturated heterocycles. The SMILES string of the molecule is CCOC(=O)C1=C(C)N=c2s/c(=C\c3cccc(OCc4ccccc4Cl)c3)c(=O)n2[C@H]1c1ccccc1. The van der Waals surface area contributed by atoms with Gasteiger partial charge in [-0.1, -0.05) is 83.6 Å². The van der Waals surface area contributed by atoms with Crippen LogP contribution in [0.3, 0.4) is 0 Å². The molecule has 1 aromatic heterocycles. The Morgan fingerprint density at radius 1 is 1.08 bits per heavy atom. The number of allylic oxidation sites excluding steroid dienone is 1. The third-order valence-electron chi connectivity index (χ3n) is 6.14. The molecule has 6 nitrogen and oxygen atoms in total. The predicted octanol–water partition coefficient (Wildman–Crippen LogP) is 5.03. The van der Waals surface area contributed by atoms with Gasteiger partial charge in [-0.25, -0.2) is 9.79 Å². The van der Waals surface area contributed by atoms with Gasteiger partial charge in [-0.2, -0.15) is 0 Å². The van der Waals surface area contributed by atoms with Crippen LogP contribution < -0.4 is 19.6 Å². The average Bonchev–Trinajstić information content (AvgIpc) is 3.22. The molecule has 0 fully saturated rings. The smallest absolute Gasteiger partial charge is 0.338 e. The minimum absolute atomic E-state index is 0.223. The molecule has 0 N–H and O–H groups in total. The first-order chi connectivity index (χ1) is 18.5. The highest BCUT2D eigenvalue weighted by atomic mass is 35.5.